The van der Waals surface area contributed by atoms with E-state index in [0.29, 0.717) is 31.8 Å². The van der Waals surface area contributed by atoms with Gasteiger partial charge < -0.3 is 15.1 Å². The average Bonchev–Trinajstić information content (AvgIpc) is 3.68. The summed E-state index contributed by atoms with van der Waals surface area (Å²) in [5.41, 5.74) is 8.50. The molecule has 2 fully saturated rings. The molecule has 4 heterocycles. The number of amides is 1. The van der Waals surface area contributed by atoms with Crippen molar-refractivity contribution in [3.63, 3.8) is 0 Å². The van der Waals surface area contributed by atoms with E-state index in [9.17, 15) is 4.79 Å². The topological polar surface area (TPSA) is 65.8 Å². The van der Waals surface area contributed by atoms with Gasteiger partial charge in [0, 0.05) is 68.1 Å². The Morgan fingerprint density at radius 1 is 1.05 bits per heavy atom. The van der Waals surface area contributed by atoms with Crippen molar-refractivity contribution in [2.24, 2.45) is 0 Å². The van der Waals surface area contributed by atoms with Crippen LogP contribution >= 0.6 is 0 Å². The molecule has 6 rings (SSSR count). The summed E-state index contributed by atoms with van der Waals surface area (Å²) < 4.78 is 2.00. The minimum Gasteiger partial charge on any atom is -0.363 e. The van der Waals surface area contributed by atoms with Gasteiger partial charge >= 0.3 is 0 Å². The van der Waals surface area contributed by atoms with Crippen molar-refractivity contribution in [1.29, 1.82) is 0 Å². The van der Waals surface area contributed by atoms with Gasteiger partial charge in [-0.25, -0.2) is 4.98 Å². The Kier molecular flexibility index (Phi) is 6.46. The Morgan fingerprint density at radius 3 is 2.68 bits per heavy atom. The predicted octanol–water partition coefficient (Wildman–Crippen LogP) is 5.34. The highest BCUT2D eigenvalue weighted by molar-refractivity contribution is 5.77. The molecule has 38 heavy (non-hydrogen) atoms. The summed E-state index contributed by atoms with van der Waals surface area (Å²) in [4.78, 5) is 22.5. The second-order valence-electron chi connectivity index (χ2n) is 11.2. The first-order chi connectivity index (χ1) is 18.4. The molecule has 0 spiro atoms. The normalized spacial score (nSPS) is 20.8. The minimum absolute atomic E-state index is 0.0711. The number of anilines is 1. The third kappa shape index (κ3) is 4.70. The number of fused-ring (bicyclic) bond motifs is 4. The lowest BCUT2D eigenvalue weighted by Crippen LogP contribution is -2.34. The molecule has 1 atom stereocenters. The number of aryl methyl sites for hydroxylation is 1. The maximum Gasteiger partial charge on any atom is 0.220 e. The molecule has 7 heteroatoms. The van der Waals surface area contributed by atoms with Crippen LogP contribution in [0.3, 0.4) is 0 Å². The van der Waals surface area contributed by atoms with Crippen LogP contribution in [0.5, 0.6) is 0 Å². The van der Waals surface area contributed by atoms with E-state index in [4.69, 9.17) is 10.1 Å². The van der Waals surface area contributed by atoms with Crippen LogP contribution < -0.4 is 10.2 Å². The third-order valence-electron chi connectivity index (χ3n) is 8.33. The van der Waals surface area contributed by atoms with Crippen molar-refractivity contribution in [3.8, 4) is 0 Å². The molecular weight excluding hydrogens is 472 g/mol. The fourth-order valence-electron chi connectivity index (χ4n) is 5.88. The molecule has 2 aliphatic heterocycles. The number of piperidine rings is 1. The molecule has 2 aromatic heterocycles. The first-order valence-electron chi connectivity index (χ1n) is 14.0. The number of hydrogen-bond donors (Lipinski definition) is 1. The van der Waals surface area contributed by atoms with E-state index in [-0.39, 0.29) is 11.9 Å². The highest BCUT2D eigenvalue weighted by Crippen LogP contribution is 2.41. The van der Waals surface area contributed by atoms with Crippen LogP contribution in [-0.2, 0) is 11.2 Å². The first kappa shape index (κ1) is 24.7. The summed E-state index contributed by atoms with van der Waals surface area (Å²) in [6.07, 6.45) is 6.84. The number of benzene rings is 1. The Morgan fingerprint density at radius 2 is 1.89 bits per heavy atom. The second-order valence-corrected chi connectivity index (χ2v) is 11.2. The number of carbonyl (C=O) groups excluding carboxylic acids is 1. The molecule has 3 aliphatic rings. The summed E-state index contributed by atoms with van der Waals surface area (Å²) >= 11 is 0. The van der Waals surface area contributed by atoms with E-state index in [1.165, 1.54) is 12.8 Å². The van der Waals surface area contributed by atoms with E-state index >= 15 is 0 Å². The van der Waals surface area contributed by atoms with E-state index in [2.05, 4.69) is 65.7 Å². The lowest BCUT2D eigenvalue weighted by Gasteiger charge is -2.38. The monoisotopic (exact) mass is 510 g/mol. The molecule has 1 aliphatic carbocycles. The Labute approximate surface area is 225 Å². The molecule has 2 bridgehead atoms. The van der Waals surface area contributed by atoms with Crippen molar-refractivity contribution in [2.75, 3.05) is 31.6 Å². The van der Waals surface area contributed by atoms with E-state index in [1.807, 2.05) is 11.4 Å². The molecule has 1 unspecified atom stereocenters. The van der Waals surface area contributed by atoms with Crippen molar-refractivity contribution in [1.82, 2.24) is 24.8 Å². The van der Waals surface area contributed by atoms with Gasteiger partial charge in [0.2, 0.25) is 5.91 Å². The van der Waals surface area contributed by atoms with Crippen LogP contribution in [0, 0.1) is 0 Å². The van der Waals surface area contributed by atoms with Gasteiger partial charge in [-0.15, -0.1) is 0 Å². The van der Waals surface area contributed by atoms with Crippen LogP contribution in [0.1, 0.15) is 85.5 Å². The Bertz CT molecular complexity index is 1420. The number of hydrogen-bond acceptors (Lipinski definition) is 5. The lowest BCUT2D eigenvalue weighted by atomic mass is 9.92. The van der Waals surface area contributed by atoms with Crippen LogP contribution in [0.2, 0.25) is 0 Å². The second kappa shape index (κ2) is 9.93. The average molecular weight is 511 g/mol. The molecule has 1 aromatic carbocycles. The van der Waals surface area contributed by atoms with Gasteiger partial charge in [0.1, 0.15) is 5.82 Å². The SMILES string of the molecule is C=C(C)c1ccc2c(c1)C(=C)N1CCCCC1c1cc3nc(C4CC4)cc(n3n1)N(C)CCNC(=O)CC2. The predicted molar refractivity (Wildman–Crippen MR) is 153 cm³/mol. The Balaban J connectivity index is 1.47. The molecule has 7 nitrogen and oxygen atoms in total. The largest absolute Gasteiger partial charge is 0.363 e. The molecule has 1 N–H and O–H groups in total. The van der Waals surface area contributed by atoms with E-state index in [0.717, 1.165) is 76.6 Å². The number of aromatic nitrogens is 3. The van der Waals surface area contributed by atoms with Crippen molar-refractivity contribution in [2.45, 2.75) is 63.8 Å². The molecule has 1 saturated heterocycles. The molecule has 1 amide bonds. The maximum absolute atomic E-state index is 12.8. The van der Waals surface area contributed by atoms with Crippen LogP contribution in [0.15, 0.2) is 43.5 Å². The summed E-state index contributed by atoms with van der Waals surface area (Å²) in [5.74, 6) is 1.65. The van der Waals surface area contributed by atoms with Gasteiger partial charge in [0.15, 0.2) is 5.65 Å². The standard InChI is InChI=1S/C31H38N6O/c1-20(2)24-11-8-22-12-13-30(38)32-14-16-35(4)31-19-26(23-9-10-23)33-29-18-27(34-37(29)31)28-7-5-6-15-36(28)21(3)25(22)17-24/h8,11,17-19,23,28H,1,3,5-7,9-10,12-16H2,2,4H3,(H,32,38). The summed E-state index contributed by atoms with van der Waals surface area (Å²) in [5, 5.41) is 8.28. The van der Waals surface area contributed by atoms with Crippen molar-refractivity contribution >= 4 is 28.6 Å². The van der Waals surface area contributed by atoms with Gasteiger partial charge in [0.25, 0.3) is 0 Å². The summed E-state index contributed by atoms with van der Waals surface area (Å²) in [6.45, 7) is 13.0. The van der Waals surface area contributed by atoms with Gasteiger partial charge in [-0.1, -0.05) is 30.9 Å². The molecule has 1 saturated carbocycles. The summed E-state index contributed by atoms with van der Waals surface area (Å²) in [7, 11) is 2.08. The zero-order valence-corrected chi connectivity index (χ0v) is 22.7. The van der Waals surface area contributed by atoms with Crippen molar-refractivity contribution < 1.29 is 4.79 Å². The number of nitrogens with zero attached hydrogens (tertiary/aromatic N) is 5. The molecule has 198 valence electrons. The van der Waals surface area contributed by atoms with Gasteiger partial charge in [-0.05, 0) is 62.6 Å². The maximum atomic E-state index is 12.8. The van der Waals surface area contributed by atoms with Crippen LogP contribution in [-0.4, -0.2) is 52.1 Å². The smallest absolute Gasteiger partial charge is 0.220 e. The highest BCUT2D eigenvalue weighted by atomic mass is 16.1. The number of carbonyl (C=O) groups is 1. The highest BCUT2D eigenvalue weighted by Gasteiger charge is 2.31. The number of rotatable bonds is 2. The van der Waals surface area contributed by atoms with Gasteiger partial charge in [-0.2, -0.15) is 9.61 Å². The van der Waals surface area contributed by atoms with Gasteiger partial charge in [-0.3, -0.25) is 4.79 Å². The molecular formula is C31H38N6O. The number of allylic oxidation sites excluding steroid dienone is 1. The van der Waals surface area contributed by atoms with Crippen LogP contribution in [0.4, 0.5) is 5.82 Å². The zero-order chi connectivity index (χ0) is 26.4. The lowest BCUT2D eigenvalue weighted by molar-refractivity contribution is -0.120. The fourth-order valence-corrected chi connectivity index (χ4v) is 5.88. The fraction of sp³-hybridized carbons (Fsp3) is 0.452. The van der Waals surface area contributed by atoms with E-state index in [1.54, 1.807) is 0 Å². The molecule has 3 aromatic rings. The number of nitrogens with one attached hydrogen (secondary N) is 1. The minimum atomic E-state index is 0.0711. The number of likely N-dealkylation sites (N-methyl/N-ethyl adjacent to an activating group) is 1. The third-order valence-corrected chi connectivity index (χ3v) is 8.33. The molecule has 0 radical (unpaired) electrons. The Hall–Kier alpha value is -3.61. The first-order valence-corrected chi connectivity index (χ1v) is 14.0. The quantitative estimate of drug-likeness (QED) is 0.504. The summed E-state index contributed by atoms with van der Waals surface area (Å²) in [6, 6.07) is 11.0. The van der Waals surface area contributed by atoms with Crippen molar-refractivity contribution in [3.05, 3.63) is 71.6 Å². The zero-order valence-electron chi connectivity index (χ0n) is 22.7. The van der Waals surface area contributed by atoms with Crippen LogP contribution in [0.25, 0.3) is 16.9 Å². The van der Waals surface area contributed by atoms with Gasteiger partial charge in [0.05, 0.1) is 11.7 Å². The van der Waals surface area contributed by atoms with E-state index < -0.39 is 0 Å².